The molecule has 0 saturated carbocycles. The van der Waals surface area contributed by atoms with Crippen LogP contribution in [0.2, 0.25) is 0 Å². The maximum absolute atomic E-state index is 13.5. The van der Waals surface area contributed by atoms with Gasteiger partial charge in [0.25, 0.3) is 5.91 Å². The molecule has 2 amide bonds. The third-order valence-corrected chi connectivity index (χ3v) is 7.28. The number of thiocarbonyl (C=S) groups is 1. The van der Waals surface area contributed by atoms with Crippen LogP contribution in [0.3, 0.4) is 0 Å². The molecule has 0 unspecified atom stereocenters. The van der Waals surface area contributed by atoms with Gasteiger partial charge in [-0.15, -0.1) is 11.3 Å². The predicted octanol–water partition coefficient (Wildman–Crippen LogP) is 5.17. The maximum Gasteiger partial charge on any atom is 0.256 e. The summed E-state index contributed by atoms with van der Waals surface area (Å²) in [5, 5.41) is 5.20. The number of benzene rings is 2. The number of carbonyl (C=O) groups is 2. The number of nitrogens with one attached hydrogen (secondary N) is 1. The van der Waals surface area contributed by atoms with Gasteiger partial charge in [-0.1, -0.05) is 0 Å². The fourth-order valence-corrected chi connectivity index (χ4v) is 5.30. The Labute approximate surface area is 213 Å². The van der Waals surface area contributed by atoms with Crippen molar-refractivity contribution in [2.24, 2.45) is 0 Å². The molecule has 9 heteroatoms. The first-order valence-electron chi connectivity index (χ1n) is 11.3. The molecular formula is C26H26FN3O3S2. The number of ether oxygens (including phenoxy) is 1. The van der Waals surface area contributed by atoms with Crippen molar-refractivity contribution < 1.29 is 18.7 Å². The topological polar surface area (TPSA) is 61.9 Å². The van der Waals surface area contributed by atoms with Crippen molar-refractivity contribution in [2.45, 2.75) is 32.7 Å². The summed E-state index contributed by atoms with van der Waals surface area (Å²) in [4.78, 5) is 30.8. The largest absolute Gasteiger partial charge is 0.494 e. The lowest BCUT2D eigenvalue weighted by Gasteiger charge is -2.24. The molecule has 1 aliphatic rings. The fraction of sp³-hybridized carbons (Fsp3) is 0.269. The number of amides is 2. The van der Waals surface area contributed by atoms with Crippen LogP contribution in [0.15, 0.2) is 60.0 Å². The van der Waals surface area contributed by atoms with Crippen LogP contribution in [0.5, 0.6) is 5.75 Å². The van der Waals surface area contributed by atoms with E-state index in [1.165, 1.54) is 39.6 Å². The van der Waals surface area contributed by atoms with E-state index in [0.717, 1.165) is 0 Å². The van der Waals surface area contributed by atoms with E-state index in [-0.39, 0.29) is 18.2 Å². The zero-order valence-electron chi connectivity index (χ0n) is 19.5. The Hall–Kier alpha value is -3.30. The number of halogens is 1. The van der Waals surface area contributed by atoms with Crippen molar-refractivity contribution in [1.82, 2.24) is 4.90 Å². The van der Waals surface area contributed by atoms with Gasteiger partial charge in [-0.3, -0.25) is 14.5 Å². The van der Waals surface area contributed by atoms with Crippen LogP contribution in [0.1, 0.15) is 23.8 Å². The van der Waals surface area contributed by atoms with E-state index in [1.54, 1.807) is 40.5 Å². The minimum absolute atomic E-state index is 0.0622. The molecule has 0 aliphatic carbocycles. The van der Waals surface area contributed by atoms with Crippen LogP contribution in [-0.4, -0.2) is 41.0 Å². The van der Waals surface area contributed by atoms with Gasteiger partial charge in [-0.05, 0) is 98.0 Å². The molecule has 2 heterocycles. The molecule has 0 bridgehead atoms. The van der Waals surface area contributed by atoms with Gasteiger partial charge in [0, 0.05) is 17.1 Å². The van der Waals surface area contributed by atoms with Gasteiger partial charge in [0.15, 0.2) is 5.11 Å². The Morgan fingerprint density at radius 2 is 1.86 bits per heavy atom. The maximum atomic E-state index is 13.5. The number of hydrogen-bond donors (Lipinski definition) is 1. The van der Waals surface area contributed by atoms with Gasteiger partial charge in [0.2, 0.25) is 5.91 Å². The number of aryl methyl sites for hydroxylation is 1. The minimum atomic E-state index is -0.754. The Morgan fingerprint density at radius 1 is 1.14 bits per heavy atom. The summed E-state index contributed by atoms with van der Waals surface area (Å²) in [5.41, 5.74) is 2.28. The first kappa shape index (κ1) is 24.8. The lowest BCUT2D eigenvalue weighted by atomic mass is 10.1. The highest BCUT2D eigenvalue weighted by molar-refractivity contribution is 7.80. The van der Waals surface area contributed by atoms with Gasteiger partial charge in [0.05, 0.1) is 18.7 Å². The van der Waals surface area contributed by atoms with Crippen LogP contribution in [0, 0.1) is 12.7 Å². The van der Waals surface area contributed by atoms with Crippen LogP contribution in [0.4, 0.5) is 15.8 Å². The lowest BCUT2D eigenvalue weighted by Crippen LogP contribution is -2.39. The molecule has 0 radical (unpaired) electrons. The number of rotatable bonds is 9. The molecule has 182 valence electrons. The quantitative estimate of drug-likeness (QED) is 0.402. The third kappa shape index (κ3) is 5.68. The van der Waals surface area contributed by atoms with E-state index in [0.29, 0.717) is 41.8 Å². The standard InChI is InChI=1S/C26H26FN3O3S2/c1-3-33-21-10-6-19(7-11-21)28-24(31)16-22-25(32)30(20-8-4-18(27)5-9-20)26(34)29(22)14-12-23-17(2)13-15-35-23/h4-11,13,15,22H,3,12,14,16H2,1-2H3,(H,28,31)/t22-/m1/s1. The van der Waals surface area contributed by atoms with Crippen molar-refractivity contribution in [3.63, 3.8) is 0 Å². The Balaban J connectivity index is 1.52. The van der Waals surface area contributed by atoms with Crippen molar-refractivity contribution in [2.75, 3.05) is 23.4 Å². The Morgan fingerprint density at radius 3 is 2.49 bits per heavy atom. The molecule has 6 nitrogen and oxygen atoms in total. The SMILES string of the molecule is CCOc1ccc(NC(=O)C[C@@H]2C(=O)N(c3ccc(F)cc3)C(=S)N2CCc2sccc2C)cc1. The average molecular weight is 512 g/mol. The smallest absolute Gasteiger partial charge is 0.256 e. The highest BCUT2D eigenvalue weighted by Crippen LogP contribution is 2.29. The van der Waals surface area contributed by atoms with E-state index in [4.69, 9.17) is 17.0 Å². The van der Waals surface area contributed by atoms with Gasteiger partial charge in [0.1, 0.15) is 17.6 Å². The number of carbonyl (C=O) groups excluding carboxylic acids is 2. The van der Waals surface area contributed by atoms with Crippen LogP contribution < -0.4 is 15.0 Å². The number of anilines is 2. The molecule has 1 N–H and O–H groups in total. The van der Waals surface area contributed by atoms with Gasteiger partial charge >= 0.3 is 0 Å². The molecule has 1 atom stereocenters. The van der Waals surface area contributed by atoms with E-state index in [1.807, 2.05) is 19.2 Å². The van der Waals surface area contributed by atoms with Crippen molar-refractivity contribution >= 4 is 51.9 Å². The number of thiophene rings is 1. The van der Waals surface area contributed by atoms with Gasteiger partial charge in [-0.25, -0.2) is 4.39 Å². The molecule has 0 spiro atoms. The molecule has 1 fully saturated rings. The lowest BCUT2D eigenvalue weighted by molar-refractivity contribution is -0.124. The molecule has 1 aromatic heterocycles. The molecule has 1 aliphatic heterocycles. The molecule has 3 aromatic rings. The monoisotopic (exact) mass is 511 g/mol. The normalized spacial score (nSPS) is 15.6. The van der Waals surface area contributed by atoms with Crippen molar-refractivity contribution in [3.8, 4) is 5.75 Å². The highest BCUT2D eigenvalue weighted by atomic mass is 32.1. The second kappa shape index (κ2) is 11.0. The van der Waals surface area contributed by atoms with Crippen LogP contribution >= 0.6 is 23.6 Å². The Bertz CT molecular complexity index is 1210. The molecule has 2 aromatic carbocycles. The second-order valence-corrected chi connectivity index (χ2v) is 9.49. The summed E-state index contributed by atoms with van der Waals surface area (Å²) in [7, 11) is 0. The summed E-state index contributed by atoms with van der Waals surface area (Å²) in [5.74, 6) is -0.283. The molecule has 35 heavy (non-hydrogen) atoms. The zero-order chi connectivity index (χ0) is 24.9. The van der Waals surface area contributed by atoms with Crippen molar-refractivity contribution in [3.05, 3.63) is 76.2 Å². The molecular weight excluding hydrogens is 485 g/mol. The highest BCUT2D eigenvalue weighted by Gasteiger charge is 2.44. The first-order valence-corrected chi connectivity index (χ1v) is 12.6. The third-order valence-electron chi connectivity index (χ3n) is 5.78. The van der Waals surface area contributed by atoms with E-state index < -0.39 is 11.9 Å². The molecule has 4 rings (SSSR count). The van der Waals surface area contributed by atoms with Gasteiger partial charge < -0.3 is 15.0 Å². The first-order chi connectivity index (χ1) is 16.9. The summed E-state index contributed by atoms with van der Waals surface area (Å²) < 4.78 is 18.9. The fourth-order valence-electron chi connectivity index (χ4n) is 3.99. The molecule has 1 saturated heterocycles. The van der Waals surface area contributed by atoms with Gasteiger partial charge in [-0.2, -0.15) is 0 Å². The summed E-state index contributed by atoms with van der Waals surface area (Å²) in [6.07, 6.45) is 0.637. The predicted molar refractivity (Wildman–Crippen MR) is 141 cm³/mol. The van der Waals surface area contributed by atoms with E-state index in [9.17, 15) is 14.0 Å². The summed E-state index contributed by atoms with van der Waals surface area (Å²) in [6.45, 7) is 5.00. The Kier molecular flexibility index (Phi) is 7.77. The van der Waals surface area contributed by atoms with Crippen molar-refractivity contribution in [1.29, 1.82) is 0 Å². The average Bonchev–Trinajstić information content (AvgIpc) is 3.34. The van der Waals surface area contributed by atoms with E-state index >= 15 is 0 Å². The summed E-state index contributed by atoms with van der Waals surface area (Å²) in [6, 6.07) is 14.0. The minimum Gasteiger partial charge on any atom is -0.494 e. The van der Waals surface area contributed by atoms with E-state index in [2.05, 4.69) is 11.4 Å². The second-order valence-electron chi connectivity index (χ2n) is 8.13. The number of nitrogens with zero attached hydrogens (tertiary/aromatic N) is 2. The zero-order valence-corrected chi connectivity index (χ0v) is 21.1. The summed E-state index contributed by atoms with van der Waals surface area (Å²) >= 11 is 7.33. The van der Waals surface area contributed by atoms with Crippen LogP contribution in [-0.2, 0) is 16.0 Å². The number of hydrogen-bond acceptors (Lipinski definition) is 5. The van der Waals surface area contributed by atoms with Crippen LogP contribution in [0.25, 0.3) is 0 Å².